The van der Waals surface area contributed by atoms with Gasteiger partial charge in [-0.25, -0.2) is 19.7 Å². The van der Waals surface area contributed by atoms with Gasteiger partial charge in [0.05, 0.1) is 12.9 Å². The molecule has 8 heteroatoms. The first-order chi connectivity index (χ1) is 9.15. The molecule has 2 heterocycles. The Labute approximate surface area is 108 Å². The van der Waals surface area contributed by atoms with Crippen LogP contribution in [0.15, 0.2) is 12.7 Å². The topological polar surface area (TPSA) is 113 Å². The predicted molar refractivity (Wildman–Crippen MR) is 65.6 cm³/mol. The molecule has 0 amide bonds. The first kappa shape index (κ1) is 11.8. The van der Waals surface area contributed by atoms with E-state index in [1.807, 2.05) is 0 Å². The van der Waals surface area contributed by atoms with E-state index >= 15 is 0 Å². The van der Waals surface area contributed by atoms with Crippen molar-refractivity contribution in [2.45, 2.75) is 31.5 Å². The number of aliphatic carboxylic acids is 1. The fourth-order valence-corrected chi connectivity index (χ4v) is 1.81. The smallest absolute Gasteiger partial charge is 0.334 e. The molecule has 1 fully saturated rings. The van der Waals surface area contributed by atoms with Crippen LogP contribution in [0.3, 0.4) is 0 Å². The van der Waals surface area contributed by atoms with E-state index < -0.39 is 12.1 Å². The molecule has 2 aromatic rings. The largest absolute Gasteiger partial charge is 0.479 e. The summed E-state index contributed by atoms with van der Waals surface area (Å²) in [7, 11) is 0. The lowest BCUT2D eigenvalue weighted by Crippen LogP contribution is -2.25. The zero-order chi connectivity index (χ0) is 13.4. The third kappa shape index (κ3) is 2.34. The van der Waals surface area contributed by atoms with Crippen molar-refractivity contribution in [3.63, 3.8) is 0 Å². The summed E-state index contributed by atoms with van der Waals surface area (Å²) < 4.78 is 1.51. The van der Waals surface area contributed by atoms with Crippen LogP contribution in [-0.4, -0.2) is 47.8 Å². The number of fused-ring (bicyclic) bond motifs is 1. The van der Waals surface area contributed by atoms with Gasteiger partial charge in [-0.15, -0.1) is 0 Å². The summed E-state index contributed by atoms with van der Waals surface area (Å²) in [6.45, 7) is -0.0916. The molecule has 1 aliphatic rings. The third-order valence-electron chi connectivity index (χ3n) is 2.97. The van der Waals surface area contributed by atoms with E-state index in [0.717, 1.165) is 12.8 Å². The quantitative estimate of drug-likeness (QED) is 0.687. The fraction of sp³-hybridized carbons (Fsp3) is 0.455. The Morgan fingerprint density at radius 1 is 1.47 bits per heavy atom. The maximum atomic E-state index is 10.7. The Hall–Kier alpha value is -2.22. The molecule has 0 radical (unpaired) electrons. The van der Waals surface area contributed by atoms with Crippen LogP contribution in [0.4, 0.5) is 5.82 Å². The molecule has 100 valence electrons. The van der Waals surface area contributed by atoms with Crippen molar-refractivity contribution in [2.75, 3.05) is 5.32 Å². The third-order valence-corrected chi connectivity index (χ3v) is 2.97. The molecule has 3 N–H and O–H groups in total. The minimum absolute atomic E-state index is 0.0916. The van der Waals surface area contributed by atoms with Crippen molar-refractivity contribution in [1.29, 1.82) is 0 Å². The predicted octanol–water partition coefficient (Wildman–Crippen LogP) is -0.154. The van der Waals surface area contributed by atoms with E-state index in [2.05, 4.69) is 20.3 Å². The van der Waals surface area contributed by atoms with E-state index in [9.17, 15) is 9.90 Å². The molecule has 0 aliphatic heterocycles. The average Bonchev–Trinajstić information content (AvgIpc) is 3.10. The number of carboxylic acids is 1. The summed E-state index contributed by atoms with van der Waals surface area (Å²) >= 11 is 0. The molecule has 2 aromatic heterocycles. The standard InChI is InChI=1S/C11H13N5O3/c17-7(11(18)19)3-16-5-14-8-9(15-6-1-2-6)12-4-13-10(8)16/h4-7,17H,1-3H2,(H,18,19)(H,12,13,15). The van der Waals surface area contributed by atoms with Crippen LogP contribution in [-0.2, 0) is 11.3 Å². The lowest BCUT2D eigenvalue weighted by molar-refractivity contribution is -0.147. The summed E-state index contributed by atoms with van der Waals surface area (Å²) in [6, 6.07) is 0.438. The molecule has 1 unspecified atom stereocenters. The van der Waals surface area contributed by atoms with Gasteiger partial charge in [-0.2, -0.15) is 0 Å². The second-order valence-electron chi connectivity index (χ2n) is 4.56. The monoisotopic (exact) mass is 263 g/mol. The lowest BCUT2D eigenvalue weighted by Gasteiger charge is -2.07. The first-order valence-corrected chi connectivity index (χ1v) is 5.98. The van der Waals surface area contributed by atoms with Gasteiger partial charge >= 0.3 is 5.97 Å². The maximum Gasteiger partial charge on any atom is 0.334 e. The van der Waals surface area contributed by atoms with E-state index in [4.69, 9.17) is 5.11 Å². The van der Waals surface area contributed by atoms with Gasteiger partial charge in [0.1, 0.15) is 11.8 Å². The Bertz CT molecular complexity index is 622. The van der Waals surface area contributed by atoms with Crippen molar-refractivity contribution in [3.8, 4) is 0 Å². The minimum atomic E-state index is -1.48. The number of nitrogens with zero attached hydrogens (tertiary/aromatic N) is 4. The number of carbonyl (C=O) groups is 1. The van der Waals surface area contributed by atoms with Gasteiger partial charge in [-0.3, -0.25) is 0 Å². The molecule has 0 saturated heterocycles. The number of hydrogen-bond acceptors (Lipinski definition) is 6. The Morgan fingerprint density at radius 3 is 2.95 bits per heavy atom. The van der Waals surface area contributed by atoms with Crippen molar-refractivity contribution < 1.29 is 15.0 Å². The van der Waals surface area contributed by atoms with Crippen molar-refractivity contribution in [3.05, 3.63) is 12.7 Å². The molecule has 0 bridgehead atoms. The van der Waals surface area contributed by atoms with Gasteiger partial charge in [0.15, 0.2) is 17.6 Å². The number of carboxylic acid groups (broad SMARTS) is 1. The Balaban J connectivity index is 1.91. The van der Waals surface area contributed by atoms with E-state index in [1.54, 1.807) is 0 Å². The Kier molecular flexibility index (Phi) is 2.79. The van der Waals surface area contributed by atoms with E-state index in [0.29, 0.717) is 23.0 Å². The van der Waals surface area contributed by atoms with Crippen LogP contribution in [0.2, 0.25) is 0 Å². The second kappa shape index (κ2) is 4.47. The summed E-state index contributed by atoms with van der Waals surface area (Å²) in [5, 5.41) is 21.3. The lowest BCUT2D eigenvalue weighted by atomic mass is 10.3. The highest BCUT2D eigenvalue weighted by molar-refractivity contribution is 5.83. The zero-order valence-electron chi connectivity index (χ0n) is 10.0. The molecule has 3 rings (SSSR count). The van der Waals surface area contributed by atoms with Gasteiger partial charge in [0.25, 0.3) is 0 Å². The van der Waals surface area contributed by atoms with Crippen LogP contribution in [0.5, 0.6) is 0 Å². The van der Waals surface area contributed by atoms with Crippen molar-refractivity contribution in [2.24, 2.45) is 0 Å². The minimum Gasteiger partial charge on any atom is -0.479 e. The van der Waals surface area contributed by atoms with Crippen molar-refractivity contribution >= 4 is 23.0 Å². The number of nitrogens with one attached hydrogen (secondary N) is 1. The molecule has 0 aromatic carbocycles. The maximum absolute atomic E-state index is 10.7. The number of anilines is 1. The van der Waals surface area contributed by atoms with Gasteiger partial charge in [0.2, 0.25) is 0 Å². The number of aromatic nitrogens is 4. The molecule has 1 atom stereocenters. The average molecular weight is 263 g/mol. The zero-order valence-corrected chi connectivity index (χ0v) is 10.0. The van der Waals surface area contributed by atoms with Crippen LogP contribution in [0, 0.1) is 0 Å². The van der Waals surface area contributed by atoms with E-state index in [-0.39, 0.29) is 6.54 Å². The summed E-state index contributed by atoms with van der Waals surface area (Å²) in [6.07, 6.45) is 3.61. The summed E-state index contributed by atoms with van der Waals surface area (Å²) in [4.78, 5) is 23.1. The van der Waals surface area contributed by atoms with Crippen LogP contribution in [0.1, 0.15) is 12.8 Å². The van der Waals surface area contributed by atoms with Gasteiger partial charge < -0.3 is 20.1 Å². The fourth-order valence-electron chi connectivity index (χ4n) is 1.81. The highest BCUT2D eigenvalue weighted by Gasteiger charge is 2.23. The summed E-state index contributed by atoms with van der Waals surface area (Å²) in [5.74, 6) is -0.622. The number of hydrogen-bond donors (Lipinski definition) is 3. The molecular formula is C11H13N5O3. The highest BCUT2D eigenvalue weighted by Crippen LogP contribution is 2.26. The summed E-state index contributed by atoms with van der Waals surface area (Å²) in [5.41, 5.74) is 1.10. The molecular weight excluding hydrogens is 250 g/mol. The van der Waals surface area contributed by atoms with Crippen LogP contribution >= 0.6 is 0 Å². The van der Waals surface area contributed by atoms with Crippen LogP contribution in [0.25, 0.3) is 11.2 Å². The van der Waals surface area contributed by atoms with Gasteiger partial charge in [-0.1, -0.05) is 0 Å². The Morgan fingerprint density at radius 2 is 2.26 bits per heavy atom. The number of imidazole rings is 1. The highest BCUT2D eigenvalue weighted by atomic mass is 16.4. The number of aliphatic hydroxyl groups excluding tert-OH is 1. The van der Waals surface area contributed by atoms with Crippen LogP contribution < -0.4 is 5.32 Å². The molecule has 8 nitrogen and oxygen atoms in total. The normalized spacial score (nSPS) is 16.5. The second-order valence-corrected chi connectivity index (χ2v) is 4.56. The number of rotatable bonds is 5. The number of aliphatic hydroxyl groups is 1. The SMILES string of the molecule is O=C(O)C(O)Cn1cnc2c(NC3CC3)ncnc21. The molecule has 1 saturated carbocycles. The molecule has 19 heavy (non-hydrogen) atoms. The molecule has 1 aliphatic carbocycles. The van der Waals surface area contributed by atoms with Gasteiger partial charge in [-0.05, 0) is 12.8 Å². The van der Waals surface area contributed by atoms with Gasteiger partial charge in [0, 0.05) is 6.04 Å². The molecule has 0 spiro atoms. The van der Waals surface area contributed by atoms with E-state index in [1.165, 1.54) is 17.2 Å². The first-order valence-electron chi connectivity index (χ1n) is 5.98. The van der Waals surface area contributed by atoms with Crippen molar-refractivity contribution in [1.82, 2.24) is 19.5 Å².